The van der Waals surface area contributed by atoms with Gasteiger partial charge in [-0.05, 0) is 55.6 Å². The highest BCUT2D eigenvalue weighted by atomic mass is 32.1. The second-order valence-electron chi connectivity index (χ2n) is 6.52. The number of thiophene rings is 1. The van der Waals surface area contributed by atoms with Crippen molar-refractivity contribution in [3.8, 4) is 0 Å². The highest BCUT2D eigenvalue weighted by Gasteiger charge is 2.21. The van der Waals surface area contributed by atoms with Gasteiger partial charge in [-0.15, -0.1) is 11.3 Å². The minimum Gasteiger partial charge on any atom is -0.326 e. The number of hydrogen-bond donors (Lipinski definition) is 3. The quantitative estimate of drug-likeness (QED) is 0.612. The maximum Gasteiger partial charge on any atom is 0.229 e. The Bertz CT molecular complexity index is 946. The third kappa shape index (κ3) is 4.52. The summed E-state index contributed by atoms with van der Waals surface area (Å²) in [5, 5.41) is 11.7. The smallest absolute Gasteiger partial charge is 0.229 e. The first-order chi connectivity index (χ1) is 13.2. The molecule has 3 N–H and O–H groups in total. The summed E-state index contributed by atoms with van der Waals surface area (Å²) in [6.45, 7) is 1.76. The molecule has 1 saturated heterocycles. The number of aromatic nitrogens is 1. The van der Waals surface area contributed by atoms with Gasteiger partial charge in [-0.2, -0.15) is 0 Å². The topological polar surface area (TPSA) is 83.1 Å². The van der Waals surface area contributed by atoms with Crippen LogP contribution in [0, 0.1) is 5.92 Å². The Labute approximate surface area is 165 Å². The van der Waals surface area contributed by atoms with E-state index in [1.807, 2.05) is 35.7 Å². The van der Waals surface area contributed by atoms with Crippen molar-refractivity contribution >= 4 is 55.5 Å². The molecule has 6 nitrogen and oxygen atoms in total. The maximum atomic E-state index is 12.4. The lowest BCUT2D eigenvalue weighted by atomic mass is 9.97. The van der Waals surface area contributed by atoms with Crippen molar-refractivity contribution in [1.29, 1.82) is 0 Å². The molecule has 1 aliphatic heterocycles. The lowest BCUT2D eigenvalue weighted by Crippen LogP contribution is -2.34. The molecule has 27 heavy (non-hydrogen) atoms. The molecule has 0 atom stereocenters. The van der Waals surface area contributed by atoms with Crippen LogP contribution in [0.15, 0.2) is 35.7 Å². The SMILES string of the molecule is O=C(Cc1cccs1)Nc1ccc2nc(NC(=O)C3CCNCC3)sc2c1. The molecule has 1 fully saturated rings. The second-order valence-corrected chi connectivity index (χ2v) is 8.58. The number of hydrogen-bond acceptors (Lipinski definition) is 6. The fourth-order valence-corrected chi connectivity index (χ4v) is 4.74. The molecule has 0 radical (unpaired) electrons. The van der Waals surface area contributed by atoms with Crippen LogP contribution in [0.5, 0.6) is 0 Å². The first-order valence-electron chi connectivity index (χ1n) is 8.92. The zero-order valence-corrected chi connectivity index (χ0v) is 16.3. The van der Waals surface area contributed by atoms with Crippen molar-refractivity contribution in [2.24, 2.45) is 5.92 Å². The number of anilines is 2. The van der Waals surface area contributed by atoms with Crippen LogP contribution in [0.2, 0.25) is 0 Å². The zero-order chi connectivity index (χ0) is 18.6. The predicted octanol–water partition coefficient (Wildman–Crippen LogP) is 3.48. The number of carbonyl (C=O) groups is 2. The fraction of sp³-hybridized carbons (Fsp3) is 0.316. The first-order valence-corrected chi connectivity index (χ1v) is 10.6. The molecule has 0 aliphatic carbocycles. The van der Waals surface area contributed by atoms with Gasteiger partial charge in [0.1, 0.15) is 0 Å². The largest absolute Gasteiger partial charge is 0.326 e. The molecule has 0 saturated carbocycles. The van der Waals surface area contributed by atoms with E-state index in [0.29, 0.717) is 11.6 Å². The molecular weight excluding hydrogens is 380 g/mol. The minimum absolute atomic E-state index is 0.0410. The summed E-state index contributed by atoms with van der Waals surface area (Å²) in [5.41, 5.74) is 1.56. The summed E-state index contributed by atoms with van der Waals surface area (Å²) in [7, 11) is 0. The number of rotatable bonds is 5. The van der Waals surface area contributed by atoms with Gasteiger partial charge in [-0.1, -0.05) is 17.4 Å². The van der Waals surface area contributed by atoms with E-state index in [4.69, 9.17) is 0 Å². The molecule has 2 aromatic heterocycles. The number of fused-ring (bicyclic) bond motifs is 1. The minimum atomic E-state index is -0.0410. The van der Waals surface area contributed by atoms with Crippen LogP contribution >= 0.6 is 22.7 Å². The fourth-order valence-electron chi connectivity index (χ4n) is 3.12. The molecule has 140 valence electrons. The Hall–Kier alpha value is -2.29. The van der Waals surface area contributed by atoms with Crippen molar-refractivity contribution in [2.45, 2.75) is 19.3 Å². The Kier molecular flexibility index (Phi) is 5.47. The standard InChI is InChI=1S/C19H20N4O2S2/c24-17(11-14-2-1-9-26-14)21-13-3-4-15-16(10-13)27-19(22-15)23-18(25)12-5-7-20-8-6-12/h1-4,9-10,12,20H,5-8,11H2,(H,21,24)(H,22,23,25). The maximum absolute atomic E-state index is 12.4. The summed E-state index contributed by atoms with van der Waals surface area (Å²) < 4.78 is 0.935. The van der Waals surface area contributed by atoms with Crippen LogP contribution in [-0.2, 0) is 16.0 Å². The molecule has 0 bridgehead atoms. The van der Waals surface area contributed by atoms with Gasteiger partial charge >= 0.3 is 0 Å². The number of piperidine rings is 1. The average molecular weight is 401 g/mol. The molecule has 0 unspecified atom stereocenters. The Morgan fingerprint density at radius 3 is 2.81 bits per heavy atom. The van der Waals surface area contributed by atoms with Crippen LogP contribution in [0.25, 0.3) is 10.2 Å². The van der Waals surface area contributed by atoms with Gasteiger partial charge in [0.15, 0.2) is 5.13 Å². The van der Waals surface area contributed by atoms with Gasteiger partial charge in [0.05, 0.1) is 16.6 Å². The van der Waals surface area contributed by atoms with Crippen LogP contribution in [0.1, 0.15) is 17.7 Å². The number of benzene rings is 1. The van der Waals surface area contributed by atoms with Gasteiger partial charge in [0.2, 0.25) is 11.8 Å². The van der Waals surface area contributed by atoms with Crippen molar-refractivity contribution in [3.05, 3.63) is 40.6 Å². The van der Waals surface area contributed by atoms with Crippen molar-refractivity contribution in [1.82, 2.24) is 10.3 Å². The summed E-state index contributed by atoms with van der Waals surface area (Å²) >= 11 is 3.00. The van der Waals surface area contributed by atoms with Crippen LogP contribution in [-0.4, -0.2) is 29.9 Å². The Morgan fingerprint density at radius 1 is 1.19 bits per heavy atom. The van der Waals surface area contributed by atoms with Crippen molar-refractivity contribution in [3.63, 3.8) is 0 Å². The highest BCUT2D eigenvalue weighted by Crippen LogP contribution is 2.29. The number of amides is 2. The monoisotopic (exact) mass is 400 g/mol. The van der Waals surface area contributed by atoms with E-state index in [-0.39, 0.29) is 17.7 Å². The van der Waals surface area contributed by atoms with Crippen LogP contribution in [0.4, 0.5) is 10.8 Å². The Morgan fingerprint density at radius 2 is 2.04 bits per heavy atom. The van der Waals surface area contributed by atoms with Gasteiger partial charge in [-0.25, -0.2) is 4.98 Å². The molecule has 3 heterocycles. The van der Waals surface area contributed by atoms with Gasteiger partial charge in [0.25, 0.3) is 0 Å². The highest BCUT2D eigenvalue weighted by molar-refractivity contribution is 7.22. The van der Waals surface area contributed by atoms with Crippen molar-refractivity contribution in [2.75, 3.05) is 23.7 Å². The lowest BCUT2D eigenvalue weighted by molar-refractivity contribution is -0.120. The summed E-state index contributed by atoms with van der Waals surface area (Å²) in [4.78, 5) is 30.1. The van der Waals surface area contributed by atoms with E-state index in [2.05, 4.69) is 20.9 Å². The number of nitrogens with zero attached hydrogens (tertiary/aromatic N) is 1. The van der Waals surface area contributed by atoms with Crippen LogP contribution in [0.3, 0.4) is 0 Å². The molecule has 2 amide bonds. The Balaban J connectivity index is 1.42. The second kappa shape index (κ2) is 8.16. The summed E-state index contributed by atoms with van der Waals surface area (Å²) in [5.74, 6) is 0.0474. The lowest BCUT2D eigenvalue weighted by Gasteiger charge is -2.20. The number of carbonyl (C=O) groups excluding carboxylic acids is 2. The molecule has 8 heteroatoms. The number of thiazole rings is 1. The van der Waals surface area contributed by atoms with Gasteiger partial charge in [-0.3, -0.25) is 9.59 Å². The summed E-state index contributed by atoms with van der Waals surface area (Å²) in [6, 6.07) is 9.50. The average Bonchev–Trinajstić information content (AvgIpc) is 3.31. The molecular formula is C19H20N4O2S2. The van der Waals surface area contributed by atoms with Gasteiger partial charge < -0.3 is 16.0 Å². The van der Waals surface area contributed by atoms with E-state index >= 15 is 0 Å². The van der Waals surface area contributed by atoms with Crippen molar-refractivity contribution < 1.29 is 9.59 Å². The van der Waals surface area contributed by atoms with E-state index in [9.17, 15) is 9.59 Å². The molecule has 1 aromatic carbocycles. The van der Waals surface area contributed by atoms with Crippen LogP contribution < -0.4 is 16.0 Å². The molecule has 3 aromatic rings. The molecule has 4 rings (SSSR count). The van der Waals surface area contributed by atoms with E-state index in [1.165, 1.54) is 11.3 Å². The zero-order valence-electron chi connectivity index (χ0n) is 14.7. The van der Waals surface area contributed by atoms with Gasteiger partial charge in [0, 0.05) is 16.5 Å². The molecule has 1 aliphatic rings. The van der Waals surface area contributed by atoms with E-state index in [1.54, 1.807) is 11.3 Å². The third-order valence-electron chi connectivity index (χ3n) is 4.53. The normalized spacial score (nSPS) is 15.0. The predicted molar refractivity (Wildman–Crippen MR) is 110 cm³/mol. The first kappa shape index (κ1) is 18.1. The molecule has 0 spiro atoms. The summed E-state index contributed by atoms with van der Waals surface area (Å²) in [6.07, 6.45) is 2.09. The number of nitrogens with one attached hydrogen (secondary N) is 3. The van der Waals surface area contributed by atoms with E-state index in [0.717, 1.165) is 46.7 Å². The van der Waals surface area contributed by atoms with E-state index < -0.39 is 0 Å². The third-order valence-corrected chi connectivity index (χ3v) is 6.34.